The predicted octanol–water partition coefficient (Wildman–Crippen LogP) is 1.89. The van der Waals surface area contributed by atoms with Gasteiger partial charge in [-0.15, -0.1) is 11.8 Å². The van der Waals surface area contributed by atoms with Crippen LogP contribution in [0.3, 0.4) is 0 Å². The lowest BCUT2D eigenvalue weighted by atomic mass is 9.99. The molecule has 1 heterocycles. The normalized spacial score (nSPS) is 20.7. The molecule has 0 aromatic heterocycles. The molecule has 0 bridgehead atoms. The van der Waals surface area contributed by atoms with Crippen LogP contribution >= 0.6 is 11.8 Å². The maximum absolute atomic E-state index is 11.8. The SMILES string of the molecule is CSc1ccc(C2CCNC2)cc1S(C)(=O)=O. The average molecular weight is 271 g/mol. The van der Waals surface area contributed by atoms with E-state index in [-0.39, 0.29) is 0 Å². The average Bonchev–Trinajstić information content (AvgIpc) is 2.80. The first-order valence-corrected chi connectivity index (χ1v) is 8.72. The van der Waals surface area contributed by atoms with Crippen molar-refractivity contribution in [3.63, 3.8) is 0 Å². The van der Waals surface area contributed by atoms with Crippen molar-refractivity contribution in [2.45, 2.75) is 22.1 Å². The van der Waals surface area contributed by atoms with Crippen molar-refractivity contribution in [1.82, 2.24) is 5.32 Å². The molecule has 17 heavy (non-hydrogen) atoms. The summed E-state index contributed by atoms with van der Waals surface area (Å²) in [4.78, 5) is 1.30. The maximum Gasteiger partial charge on any atom is 0.176 e. The summed E-state index contributed by atoms with van der Waals surface area (Å²) in [5.41, 5.74) is 1.13. The van der Waals surface area contributed by atoms with Crippen molar-refractivity contribution in [1.29, 1.82) is 0 Å². The molecule has 3 nitrogen and oxygen atoms in total. The van der Waals surface area contributed by atoms with Crippen LogP contribution in [0.5, 0.6) is 0 Å². The van der Waals surface area contributed by atoms with Crippen LogP contribution in [0.15, 0.2) is 28.0 Å². The lowest BCUT2D eigenvalue weighted by molar-refractivity contribution is 0.599. The van der Waals surface area contributed by atoms with Gasteiger partial charge in [0.15, 0.2) is 9.84 Å². The first-order valence-electron chi connectivity index (χ1n) is 5.61. The van der Waals surface area contributed by atoms with Crippen molar-refractivity contribution in [3.8, 4) is 0 Å². The molecular formula is C12H17NO2S2. The highest BCUT2D eigenvalue weighted by Crippen LogP contribution is 2.30. The summed E-state index contributed by atoms with van der Waals surface area (Å²) in [6.45, 7) is 1.96. The molecule has 0 radical (unpaired) electrons. The molecule has 1 N–H and O–H groups in total. The van der Waals surface area contributed by atoms with Crippen LogP contribution in [0.4, 0.5) is 0 Å². The summed E-state index contributed by atoms with van der Waals surface area (Å²) in [6, 6.07) is 5.83. The van der Waals surface area contributed by atoms with Crippen LogP contribution in [0.2, 0.25) is 0 Å². The highest BCUT2D eigenvalue weighted by molar-refractivity contribution is 7.99. The molecule has 1 aromatic rings. The van der Waals surface area contributed by atoms with Gasteiger partial charge in [0.2, 0.25) is 0 Å². The molecule has 94 valence electrons. The second-order valence-electron chi connectivity index (χ2n) is 4.37. The monoisotopic (exact) mass is 271 g/mol. The van der Waals surface area contributed by atoms with Crippen molar-refractivity contribution >= 4 is 21.6 Å². The van der Waals surface area contributed by atoms with Gasteiger partial charge in [-0.3, -0.25) is 0 Å². The molecule has 0 spiro atoms. The molecule has 0 aliphatic carbocycles. The molecule has 1 aliphatic heterocycles. The minimum Gasteiger partial charge on any atom is -0.316 e. The zero-order valence-electron chi connectivity index (χ0n) is 10.1. The first-order chi connectivity index (χ1) is 8.02. The zero-order chi connectivity index (χ0) is 12.5. The third-order valence-corrected chi connectivity index (χ3v) is 5.18. The fourth-order valence-electron chi connectivity index (χ4n) is 2.18. The van der Waals surface area contributed by atoms with E-state index in [4.69, 9.17) is 0 Å². The van der Waals surface area contributed by atoms with Crippen LogP contribution in [0.1, 0.15) is 17.9 Å². The standard InChI is InChI=1S/C12H17NO2S2/c1-16-11-4-3-9(10-5-6-13-8-10)7-12(11)17(2,14)15/h3-4,7,10,13H,5-6,8H2,1-2H3. The lowest BCUT2D eigenvalue weighted by Crippen LogP contribution is -2.09. The van der Waals surface area contributed by atoms with Crippen molar-refractivity contribution in [2.24, 2.45) is 0 Å². The number of sulfone groups is 1. The maximum atomic E-state index is 11.8. The van der Waals surface area contributed by atoms with Gasteiger partial charge >= 0.3 is 0 Å². The molecular weight excluding hydrogens is 254 g/mol. The summed E-state index contributed by atoms with van der Waals surface area (Å²) >= 11 is 1.48. The molecule has 1 atom stereocenters. The molecule has 1 fully saturated rings. The molecule has 5 heteroatoms. The molecule has 1 aliphatic rings. The summed E-state index contributed by atoms with van der Waals surface area (Å²) in [5, 5.41) is 3.30. The molecule has 0 saturated carbocycles. The van der Waals surface area contributed by atoms with E-state index in [1.54, 1.807) is 0 Å². The fourth-order valence-corrected chi connectivity index (χ4v) is 4.13. The van der Waals surface area contributed by atoms with E-state index in [1.165, 1.54) is 18.0 Å². The minimum atomic E-state index is -3.14. The van der Waals surface area contributed by atoms with Crippen molar-refractivity contribution in [3.05, 3.63) is 23.8 Å². The van der Waals surface area contributed by atoms with Gasteiger partial charge in [0.25, 0.3) is 0 Å². The highest BCUT2D eigenvalue weighted by atomic mass is 32.2. The molecule has 1 saturated heterocycles. The summed E-state index contributed by atoms with van der Waals surface area (Å²) in [6.07, 6.45) is 4.27. The van der Waals surface area contributed by atoms with E-state index in [9.17, 15) is 8.42 Å². The Kier molecular flexibility index (Phi) is 3.80. The number of hydrogen-bond donors (Lipinski definition) is 1. The third-order valence-electron chi connectivity index (χ3n) is 3.12. The molecule has 0 amide bonds. The Hall–Kier alpha value is -0.520. The van der Waals surface area contributed by atoms with Gasteiger partial charge in [0.1, 0.15) is 0 Å². The van der Waals surface area contributed by atoms with Gasteiger partial charge in [-0.05, 0) is 42.8 Å². The Balaban J connectivity index is 2.44. The number of nitrogens with one attached hydrogen (secondary N) is 1. The Morgan fingerprint density at radius 3 is 2.71 bits per heavy atom. The quantitative estimate of drug-likeness (QED) is 0.853. The van der Waals surface area contributed by atoms with Gasteiger partial charge in [-0.2, -0.15) is 0 Å². The second-order valence-corrected chi connectivity index (χ2v) is 7.20. The van der Waals surface area contributed by atoms with E-state index >= 15 is 0 Å². The highest BCUT2D eigenvalue weighted by Gasteiger charge is 2.20. The number of benzene rings is 1. The van der Waals surface area contributed by atoms with Crippen LogP contribution in [0, 0.1) is 0 Å². The van der Waals surface area contributed by atoms with E-state index in [0.717, 1.165) is 30.0 Å². The molecule has 1 unspecified atom stereocenters. The largest absolute Gasteiger partial charge is 0.316 e. The van der Waals surface area contributed by atoms with E-state index in [1.807, 2.05) is 18.4 Å². The summed E-state index contributed by atoms with van der Waals surface area (Å²) in [7, 11) is -3.14. The number of rotatable bonds is 3. The van der Waals surface area contributed by atoms with E-state index in [2.05, 4.69) is 11.4 Å². The first kappa shape index (κ1) is 12.9. The van der Waals surface area contributed by atoms with Crippen LogP contribution < -0.4 is 5.32 Å². The van der Waals surface area contributed by atoms with Crippen molar-refractivity contribution < 1.29 is 8.42 Å². The second kappa shape index (κ2) is 5.00. The summed E-state index contributed by atoms with van der Waals surface area (Å²) < 4.78 is 23.5. The Labute approximate surface area is 107 Å². The molecule has 2 rings (SSSR count). The third kappa shape index (κ3) is 2.84. The molecule has 1 aromatic carbocycles. The Morgan fingerprint density at radius 2 is 2.18 bits per heavy atom. The van der Waals surface area contributed by atoms with Gasteiger partial charge in [-0.1, -0.05) is 6.07 Å². The fraction of sp³-hybridized carbons (Fsp3) is 0.500. The van der Waals surface area contributed by atoms with E-state index < -0.39 is 9.84 Å². The Bertz CT molecular complexity index is 505. The van der Waals surface area contributed by atoms with E-state index in [0.29, 0.717) is 10.8 Å². The van der Waals surface area contributed by atoms with Crippen LogP contribution in [-0.4, -0.2) is 34.0 Å². The topological polar surface area (TPSA) is 46.2 Å². The lowest BCUT2D eigenvalue weighted by Gasteiger charge is -2.12. The smallest absolute Gasteiger partial charge is 0.176 e. The zero-order valence-corrected chi connectivity index (χ0v) is 11.7. The Morgan fingerprint density at radius 1 is 1.41 bits per heavy atom. The summed E-state index contributed by atoms with van der Waals surface area (Å²) in [5.74, 6) is 0.450. The number of thioether (sulfide) groups is 1. The van der Waals surface area contributed by atoms with Crippen LogP contribution in [-0.2, 0) is 9.84 Å². The number of hydrogen-bond acceptors (Lipinski definition) is 4. The van der Waals surface area contributed by atoms with Crippen molar-refractivity contribution in [2.75, 3.05) is 25.6 Å². The van der Waals surface area contributed by atoms with Gasteiger partial charge in [-0.25, -0.2) is 8.42 Å². The minimum absolute atomic E-state index is 0.450. The predicted molar refractivity (Wildman–Crippen MR) is 71.6 cm³/mol. The van der Waals surface area contributed by atoms with Gasteiger partial charge < -0.3 is 5.32 Å². The van der Waals surface area contributed by atoms with Crippen LogP contribution in [0.25, 0.3) is 0 Å². The van der Waals surface area contributed by atoms with Gasteiger partial charge in [0, 0.05) is 17.7 Å². The van der Waals surface area contributed by atoms with Gasteiger partial charge in [0.05, 0.1) is 4.90 Å².